The fourth-order valence-electron chi connectivity index (χ4n) is 2.48. The third kappa shape index (κ3) is 2.77. The molecule has 0 unspecified atom stereocenters. The van der Waals surface area contributed by atoms with Crippen molar-refractivity contribution in [3.63, 3.8) is 0 Å². The number of rotatable bonds is 3. The van der Waals surface area contributed by atoms with Gasteiger partial charge in [-0.3, -0.25) is 4.98 Å². The van der Waals surface area contributed by atoms with E-state index in [2.05, 4.69) is 4.98 Å². The zero-order chi connectivity index (χ0) is 14.9. The summed E-state index contributed by atoms with van der Waals surface area (Å²) >= 11 is 0. The van der Waals surface area contributed by atoms with Gasteiger partial charge in [0.2, 0.25) is 10.0 Å². The number of aromatic hydroxyl groups is 1. The molecular weight excluding hydrogens is 288 g/mol. The Kier molecular flexibility index (Phi) is 3.65. The maximum Gasteiger partial charge on any atom is 0.243 e. The standard InChI is InChI=1S/C15H16N2O3S/c18-14-9-13(10-16-11-14)12-3-5-15(6-4-12)21(19,20)17-7-1-2-8-17/h3-6,9-11,18H,1-2,7-8H2. The number of hydrogen-bond acceptors (Lipinski definition) is 4. The van der Waals surface area contributed by atoms with E-state index in [0.29, 0.717) is 18.0 Å². The Bertz CT molecular complexity index is 736. The van der Waals surface area contributed by atoms with Crippen molar-refractivity contribution < 1.29 is 13.5 Å². The molecule has 0 amide bonds. The first-order valence-electron chi connectivity index (χ1n) is 6.82. The molecule has 2 heterocycles. The topological polar surface area (TPSA) is 70.5 Å². The van der Waals surface area contributed by atoms with E-state index in [9.17, 15) is 13.5 Å². The molecule has 2 aromatic rings. The highest BCUT2D eigenvalue weighted by Crippen LogP contribution is 2.25. The van der Waals surface area contributed by atoms with Crippen LogP contribution in [0.5, 0.6) is 5.75 Å². The first-order chi connectivity index (χ1) is 10.1. The van der Waals surface area contributed by atoms with Crippen LogP contribution in [0.4, 0.5) is 0 Å². The lowest BCUT2D eigenvalue weighted by molar-refractivity contribution is 0.473. The molecule has 0 bridgehead atoms. The molecule has 21 heavy (non-hydrogen) atoms. The second-order valence-corrected chi connectivity index (χ2v) is 7.01. The minimum atomic E-state index is -3.38. The van der Waals surface area contributed by atoms with Crippen molar-refractivity contribution in [1.29, 1.82) is 0 Å². The molecule has 3 rings (SSSR count). The van der Waals surface area contributed by atoms with Crippen LogP contribution in [0.25, 0.3) is 11.1 Å². The molecule has 1 aliphatic heterocycles. The summed E-state index contributed by atoms with van der Waals surface area (Å²) in [5.41, 5.74) is 1.57. The fourth-order valence-corrected chi connectivity index (χ4v) is 4.00. The van der Waals surface area contributed by atoms with Crippen molar-refractivity contribution in [3.8, 4) is 16.9 Å². The summed E-state index contributed by atoms with van der Waals surface area (Å²) in [5.74, 6) is 0.0845. The van der Waals surface area contributed by atoms with Crippen LogP contribution >= 0.6 is 0 Å². The molecule has 1 saturated heterocycles. The maximum absolute atomic E-state index is 12.4. The van der Waals surface area contributed by atoms with E-state index < -0.39 is 10.0 Å². The smallest absolute Gasteiger partial charge is 0.243 e. The Balaban J connectivity index is 1.90. The average Bonchev–Trinajstić information content (AvgIpc) is 3.02. The quantitative estimate of drug-likeness (QED) is 0.944. The molecule has 0 aliphatic carbocycles. The van der Waals surface area contributed by atoms with E-state index in [1.54, 1.807) is 36.5 Å². The molecule has 110 valence electrons. The molecule has 0 radical (unpaired) electrons. The lowest BCUT2D eigenvalue weighted by Crippen LogP contribution is -2.27. The number of pyridine rings is 1. The zero-order valence-electron chi connectivity index (χ0n) is 11.4. The fraction of sp³-hybridized carbons (Fsp3) is 0.267. The number of hydrogen-bond donors (Lipinski definition) is 1. The normalized spacial score (nSPS) is 16.2. The van der Waals surface area contributed by atoms with Gasteiger partial charge in [-0.05, 0) is 36.6 Å². The van der Waals surface area contributed by atoms with E-state index in [1.807, 2.05) is 0 Å². The van der Waals surface area contributed by atoms with Crippen molar-refractivity contribution in [2.24, 2.45) is 0 Å². The maximum atomic E-state index is 12.4. The van der Waals surface area contributed by atoms with Crippen molar-refractivity contribution in [2.75, 3.05) is 13.1 Å². The molecule has 0 atom stereocenters. The molecule has 5 nitrogen and oxygen atoms in total. The highest BCUT2D eigenvalue weighted by molar-refractivity contribution is 7.89. The Hall–Kier alpha value is -1.92. The van der Waals surface area contributed by atoms with E-state index in [0.717, 1.165) is 24.0 Å². The van der Waals surface area contributed by atoms with Crippen molar-refractivity contribution in [1.82, 2.24) is 9.29 Å². The molecule has 0 saturated carbocycles. The lowest BCUT2D eigenvalue weighted by Gasteiger charge is -2.15. The van der Waals surface area contributed by atoms with Gasteiger partial charge in [0.25, 0.3) is 0 Å². The molecule has 1 aliphatic rings. The van der Waals surface area contributed by atoms with E-state index in [-0.39, 0.29) is 5.75 Å². The van der Waals surface area contributed by atoms with Gasteiger partial charge in [0.1, 0.15) is 5.75 Å². The van der Waals surface area contributed by atoms with Crippen molar-refractivity contribution >= 4 is 10.0 Å². The number of aromatic nitrogens is 1. The van der Waals surface area contributed by atoms with Crippen molar-refractivity contribution in [3.05, 3.63) is 42.7 Å². The second kappa shape index (κ2) is 5.46. The predicted molar refractivity (Wildman–Crippen MR) is 79.3 cm³/mol. The van der Waals surface area contributed by atoms with Crippen LogP contribution in [0.1, 0.15) is 12.8 Å². The summed E-state index contributed by atoms with van der Waals surface area (Å²) in [5, 5.41) is 9.44. The molecule has 0 spiro atoms. The SMILES string of the molecule is O=S(=O)(c1ccc(-c2cncc(O)c2)cc1)N1CCCC1. The summed E-state index contributed by atoms with van der Waals surface area (Å²) in [7, 11) is -3.38. The van der Waals surface area contributed by atoms with Gasteiger partial charge >= 0.3 is 0 Å². The Morgan fingerprint density at radius 1 is 1.00 bits per heavy atom. The molecule has 1 aromatic carbocycles. The highest BCUT2D eigenvalue weighted by Gasteiger charge is 2.26. The zero-order valence-corrected chi connectivity index (χ0v) is 12.3. The van der Waals surface area contributed by atoms with Gasteiger partial charge in [-0.25, -0.2) is 8.42 Å². The number of nitrogens with zero attached hydrogens (tertiary/aromatic N) is 2. The van der Waals surface area contributed by atoms with Gasteiger partial charge in [-0.1, -0.05) is 12.1 Å². The van der Waals surface area contributed by atoms with Crippen LogP contribution in [0.3, 0.4) is 0 Å². The molecule has 1 N–H and O–H groups in total. The first-order valence-corrected chi connectivity index (χ1v) is 8.26. The average molecular weight is 304 g/mol. The van der Waals surface area contributed by atoms with Crippen molar-refractivity contribution in [2.45, 2.75) is 17.7 Å². The van der Waals surface area contributed by atoms with Crippen LogP contribution in [0.2, 0.25) is 0 Å². The van der Waals surface area contributed by atoms with E-state index in [1.165, 1.54) is 10.5 Å². The Morgan fingerprint density at radius 2 is 1.67 bits per heavy atom. The number of benzene rings is 1. The highest BCUT2D eigenvalue weighted by atomic mass is 32.2. The van der Waals surface area contributed by atoms with Gasteiger partial charge in [0.15, 0.2) is 0 Å². The lowest BCUT2D eigenvalue weighted by atomic mass is 10.1. The summed E-state index contributed by atoms with van der Waals surface area (Å²) in [6.07, 6.45) is 4.83. The van der Waals surface area contributed by atoms with E-state index >= 15 is 0 Å². The van der Waals surface area contributed by atoms with Gasteiger partial charge in [0.05, 0.1) is 11.1 Å². The summed E-state index contributed by atoms with van der Waals surface area (Å²) < 4.78 is 26.3. The molecule has 1 fully saturated rings. The van der Waals surface area contributed by atoms with Gasteiger partial charge in [-0.2, -0.15) is 4.31 Å². The summed E-state index contributed by atoms with van der Waals surface area (Å²) in [6.45, 7) is 1.20. The van der Waals surface area contributed by atoms with Crippen LogP contribution in [0, 0.1) is 0 Å². The Labute approximate surface area is 123 Å². The summed E-state index contributed by atoms with van der Waals surface area (Å²) in [6, 6.07) is 8.27. The minimum absolute atomic E-state index is 0.0845. The van der Waals surface area contributed by atoms with Gasteiger partial charge in [0, 0.05) is 24.8 Å². The third-order valence-corrected chi connectivity index (χ3v) is 5.53. The largest absolute Gasteiger partial charge is 0.506 e. The van der Waals surface area contributed by atoms with Gasteiger partial charge in [-0.15, -0.1) is 0 Å². The predicted octanol–water partition coefficient (Wildman–Crippen LogP) is 2.24. The molecular formula is C15H16N2O3S. The van der Waals surface area contributed by atoms with Gasteiger partial charge < -0.3 is 5.11 Å². The Morgan fingerprint density at radius 3 is 2.29 bits per heavy atom. The van der Waals surface area contributed by atoms with Crippen LogP contribution < -0.4 is 0 Å². The minimum Gasteiger partial charge on any atom is -0.506 e. The molecule has 6 heteroatoms. The monoisotopic (exact) mass is 304 g/mol. The van der Waals surface area contributed by atoms with Crippen LogP contribution in [-0.2, 0) is 10.0 Å². The second-order valence-electron chi connectivity index (χ2n) is 5.07. The number of sulfonamides is 1. The van der Waals surface area contributed by atoms with E-state index in [4.69, 9.17) is 0 Å². The van der Waals surface area contributed by atoms with Crippen LogP contribution in [-0.4, -0.2) is 35.9 Å². The first kappa shape index (κ1) is 14.0. The summed E-state index contributed by atoms with van der Waals surface area (Å²) in [4.78, 5) is 4.23. The molecule has 1 aromatic heterocycles. The third-order valence-electron chi connectivity index (χ3n) is 3.61. The van der Waals surface area contributed by atoms with Crippen LogP contribution in [0.15, 0.2) is 47.6 Å².